The van der Waals surface area contributed by atoms with E-state index in [-0.39, 0.29) is 0 Å². The lowest BCUT2D eigenvalue weighted by Crippen LogP contribution is -2.25. The second-order valence-electron chi connectivity index (χ2n) is 4.72. The van der Waals surface area contributed by atoms with Crippen LogP contribution in [0.2, 0.25) is 0 Å². The second-order valence-corrected chi connectivity index (χ2v) is 4.72. The fourth-order valence-electron chi connectivity index (χ4n) is 2.42. The number of rotatable bonds is 2. The van der Waals surface area contributed by atoms with Gasteiger partial charge in [0, 0.05) is 37.1 Å². The molecule has 0 saturated heterocycles. The van der Waals surface area contributed by atoms with Gasteiger partial charge in [-0.3, -0.25) is 4.79 Å². The summed E-state index contributed by atoms with van der Waals surface area (Å²) in [5.74, 6) is 0.312. The van der Waals surface area contributed by atoms with Crippen LogP contribution in [0.25, 0.3) is 0 Å². The topological polar surface area (TPSA) is 71.2 Å². The van der Waals surface area contributed by atoms with Crippen molar-refractivity contribution in [3.8, 4) is 0 Å². The number of carbonyl (C=O) groups is 1. The Bertz CT molecular complexity index is 641. The molecule has 2 aromatic rings. The van der Waals surface area contributed by atoms with E-state index in [2.05, 4.69) is 27.3 Å². The normalized spacial score (nSPS) is 14.5. The monoisotopic (exact) mass is 268 g/mol. The Labute approximate surface area is 117 Å². The van der Waals surface area contributed by atoms with Gasteiger partial charge in [-0.25, -0.2) is 4.98 Å². The predicted molar refractivity (Wildman–Crippen MR) is 77.9 cm³/mol. The first-order valence-electron chi connectivity index (χ1n) is 6.58. The van der Waals surface area contributed by atoms with Crippen LogP contribution in [-0.2, 0) is 6.54 Å². The zero-order valence-corrected chi connectivity index (χ0v) is 11.0. The van der Waals surface area contributed by atoms with Crippen LogP contribution in [0.5, 0.6) is 0 Å². The van der Waals surface area contributed by atoms with E-state index in [1.54, 1.807) is 18.3 Å². The van der Waals surface area contributed by atoms with Crippen molar-refractivity contribution in [2.45, 2.75) is 6.54 Å². The van der Waals surface area contributed by atoms with Crippen molar-refractivity contribution in [3.05, 3.63) is 53.7 Å². The summed E-state index contributed by atoms with van der Waals surface area (Å²) in [5, 5.41) is 3.38. The summed E-state index contributed by atoms with van der Waals surface area (Å²) in [6, 6.07) is 11.6. The SMILES string of the molecule is NC(=O)c1ccnc(N2CCNCc3ccccc32)c1. The Hall–Kier alpha value is -2.40. The predicted octanol–water partition coefficient (Wildman–Crippen LogP) is 1.42. The van der Waals surface area contributed by atoms with Crippen LogP contribution in [0, 0.1) is 0 Å². The molecule has 20 heavy (non-hydrogen) atoms. The molecule has 3 rings (SSSR count). The number of carbonyl (C=O) groups excluding carboxylic acids is 1. The van der Waals surface area contributed by atoms with Crippen molar-refractivity contribution in [2.75, 3.05) is 18.0 Å². The minimum Gasteiger partial charge on any atom is -0.366 e. The molecule has 0 spiro atoms. The molecule has 102 valence electrons. The van der Waals surface area contributed by atoms with E-state index in [0.29, 0.717) is 5.56 Å². The van der Waals surface area contributed by atoms with Gasteiger partial charge in [0.05, 0.1) is 0 Å². The highest BCUT2D eigenvalue weighted by Gasteiger charge is 2.17. The number of pyridine rings is 1. The Morgan fingerprint density at radius 1 is 1.30 bits per heavy atom. The smallest absolute Gasteiger partial charge is 0.248 e. The minimum absolute atomic E-state index is 0.435. The molecular formula is C15H16N4O. The number of amides is 1. The van der Waals surface area contributed by atoms with E-state index in [4.69, 9.17) is 5.73 Å². The summed E-state index contributed by atoms with van der Waals surface area (Å²) in [5.41, 5.74) is 8.15. The molecule has 0 fully saturated rings. The molecule has 5 heteroatoms. The lowest BCUT2D eigenvalue weighted by Gasteiger charge is -2.23. The number of nitrogens with one attached hydrogen (secondary N) is 1. The standard InChI is InChI=1S/C15H16N4O/c16-15(20)11-5-6-18-14(9-11)19-8-7-17-10-12-3-1-2-4-13(12)19/h1-6,9,17H,7-8,10H2,(H2,16,20). The van der Waals surface area contributed by atoms with E-state index in [0.717, 1.165) is 31.1 Å². The summed E-state index contributed by atoms with van der Waals surface area (Å²) in [4.78, 5) is 17.8. The quantitative estimate of drug-likeness (QED) is 0.864. The first-order valence-corrected chi connectivity index (χ1v) is 6.58. The number of anilines is 2. The molecule has 2 heterocycles. The van der Waals surface area contributed by atoms with Crippen LogP contribution < -0.4 is 16.0 Å². The van der Waals surface area contributed by atoms with Crippen molar-refractivity contribution in [1.29, 1.82) is 0 Å². The van der Waals surface area contributed by atoms with Crippen molar-refractivity contribution in [1.82, 2.24) is 10.3 Å². The van der Waals surface area contributed by atoms with E-state index in [9.17, 15) is 4.79 Å². The first kappa shape index (κ1) is 12.6. The number of benzene rings is 1. The van der Waals surface area contributed by atoms with Gasteiger partial charge in [-0.1, -0.05) is 18.2 Å². The minimum atomic E-state index is -0.435. The number of fused-ring (bicyclic) bond motifs is 1. The number of hydrogen-bond donors (Lipinski definition) is 2. The van der Waals surface area contributed by atoms with Gasteiger partial charge in [0.15, 0.2) is 0 Å². The Kier molecular flexibility index (Phi) is 3.35. The van der Waals surface area contributed by atoms with Crippen molar-refractivity contribution in [2.24, 2.45) is 5.73 Å². The van der Waals surface area contributed by atoms with Crippen LogP contribution in [0.1, 0.15) is 15.9 Å². The zero-order chi connectivity index (χ0) is 13.9. The van der Waals surface area contributed by atoms with E-state index in [1.165, 1.54) is 5.56 Å². The van der Waals surface area contributed by atoms with Crippen LogP contribution >= 0.6 is 0 Å². The summed E-state index contributed by atoms with van der Waals surface area (Å²) < 4.78 is 0. The van der Waals surface area contributed by atoms with Crippen LogP contribution in [0.3, 0.4) is 0 Å². The summed E-state index contributed by atoms with van der Waals surface area (Å²) in [7, 11) is 0. The fraction of sp³-hybridized carbons (Fsp3) is 0.200. The highest BCUT2D eigenvalue weighted by atomic mass is 16.1. The maximum atomic E-state index is 11.3. The average Bonchev–Trinajstić information content (AvgIpc) is 2.69. The fourth-order valence-corrected chi connectivity index (χ4v) is 2.42. The molecule has 1 aromatic heterocycles. The third-order valence-electron chi connectivity index (χ3n) is 3.42. The largest absolute Gasteiger partial charge is 0.366 e. The molecule has 0 unspecified atom stereocenters. The van der Waals surface area contributed by atoms with Gasteiger partial charge in [0.1, 0.15) is 5.82 Å². The lowest BCUT2D eigenvalue weighted by atomic mass is 10.1. The highest BCUT2D eigenvalue weighted by molar-refractivity contribution is 5.93. The number of hydrogen-bond acceptors (Lipinski definition) is 4. The molecule has 3 N–H and O–H groups in total. The van der Waals surface area contributed by atoms with E-state index < -0.39 is 5.91 Å². The third kappa shape index (κ3) is 2.35. The average molecular weight is 268 g/mol. The molecule has 0 aliphatic carbocycles. The zero-order valence-electron chi connectivity index (χ0n) is 11.0. The molecule has 1 aliphatic rings. The van der Waals surface area contributed by atoms with E-state index >= 15 is 0 Å². The maximum absolute atomic E-state index is 11.3. The molecule has 0 saturated carbocycles. The van der Waals surface area contributed by atoms with Crippen molar-refractivity contribution in [3.63, 3.8) is 0 Å². The van der Waals surface area contributed by atoms with Gasteiger partial charge in [0.2, 0.25) is 5.91 Å². The summed E-state index contributed by atoms with van der Waals surface area (Å²) in [6.45, 7) is 2.49. The summed E-state index contributed by atoms with van der Waals surface area (Å²) in [6.07, 6.45) is 1.62. The number of aromatic nitrogens is 1. The van der Waals surface area contributed by atoms with Crippen LogP contribution in [0.4, 0.5) is 11.5 Å². The Morgan fingerprint density at radius 3 is 3.00 bits per heavy atom. The molecule has 1 aliphatic heterocycles. The van der Waals surface area contributed by atoms with Crippen LogP contribution in [-0.4, -0.2) is 24.0 Å². The number of primary amides is 1. The molecule has 1 amide bonds. The van der Waals surface area contributed by atoms with Gasteiger partial charge in [-0.05, 0) is 23.8 Å². The molecular weight excluding hydrogens is 252 g/mol. The number of para-hydroxylation sites is 1. The van der Waals surface area contributed by atoms with Gasteiger partial charge in [-0.2, -0.15) is 0 Å². The summed E-state index contributed by atoms with van der Waals surface area (Å²) >= 11 is 0. The van der Waals surface area contributed by atoms with E-state index in [1.807, 2.05) is 12.1 Å². The lowest BCUT2D eigenvalue weighted by molar-refractivity contribution is 0.1000. The van der Waals surface area contributed by atoms with Gasteiger partial charge in [0.25, 0.3) is 0 Å². The highest BCUT2D eigenvalue weighted by Crippen LogP contribution is 2.28. The van der Waals surface area contributed by atoms with Crippen molar-refractivity contribution >= 4 is 17.4 Å². The van der Waals surface area contributed by atoms with Crippen LogP contribution in [0.15, 0.2) is 42.6 Å². The molecule has 0 atom stereocenters. The van der Waals surface area contributed by atoms with Crippen molar-refractivity contribution < 1.29 is 4.79 Å². The Morgan fingerprint density at radius 2 is 2.15 bits per heavy atom. The first-order chi connectivity index (χ1) is 9.75. The molecule has 0 bridgehead atoms. The third-order valence-corrected chi connectivity index (χ3v) is 3.42. The van der Waals surface area contributed by atoms with Gasteiger partial charge < -0.3 is 16.0 Å². The van der Waals surface area contributed by atoms with Gasteiger partial charge in [-0.15, -0.1) is 0 Å². The van der Waals surface area contributed by atoms with Gasteiger partial charge >= 0.3 is 0 Å². The number of nitrogens with zero attached hydrogens (tertiary/aromatic N) is 2. The second kappa shape index (κ2) is 5.30. The molecule has 0 radical (unpaired) electrons. The maximum Gasteiger partial charge on any atom is 0.248 e. The Balaban J connectivity index is 2.05. The molecule has 5 nitrogen and oxygen atoms in total. The number of nitrogens with two attached hydrogens (primary N) is 1. The molecule has 1 aromatic carbocycles.